The number of piperidine rings is 1. The molecule has 1 saturated heterocycles. The standard InChI is InChI=1S/C24H26N4O2/c1-17-13-18(2)15-20(14-17)27-23(29)19-7-6-12-28(16-19)22-24(26-11-10-25-22)30-21-8-4-3-5-9-21/h3-5,8-11,13-15,19H,6-7,12,16H2,1-2H3,(H,27,29)/t19-/m1/s1. The normalized spacial score (nSPS) is 16.2. The number of carbonyl (C=O) groups is 1. The summed E-state index contributed by atoms with van der Waals surface area (Å²) < 4.78 is 5.96. The van der Waals surface area contributed by atoms with Crippen molar-refractivity contribution >= 4 is 17.4 Å². The Balaban J connectivity index is 1.48. The number of aryl methyl sites for hydroxylation is 2. The zero-order chi connectivity index (χ0) is 20.9. The molecule has 0 radical (unpaired) electrons. The SMILES string of the molecule is Cc1cc(C)cc(NC(=O)[C@@H]2CCCN(c3nccnc3Oc3ccccc3)C2)c1. The molecule has 2 aromatic carbocycles. The molecule has 0 aliphatic carbocycles. The van der Waals surface area contributed by atoms with E-state index in [0.29, 0.717) is 24.0 Å². The van der Waals surface area contributed by atoms with E-state index in [9.17, 15) is 4.79 Å². The molecule has 1 fully saturated rings. The van der Waals surface area contributed by atoms with E-state index in [1.54, 1.807) is 12.4 Å². The van der Waals surface area contributed by atoms with E-state index in [1.807, 2.05) is 56.3 Å². The monoisotopic (exact) mass is 402 g/mol. The van der Waals surface area contributed by atoms with Crippen molar-refractivity contribution < 1.29 is 9.53 Å². The number of rotatable bonds is 5. The van der Waals surface area contributed by atoms with Gasteiger partial charge >= 0.3 is 0 Å². The van der Waals surface area contributed by atoms with E-state index >= 15 is 0 Å². The second-order valence-corrected chi connectivity index (χ2v) is 7.75. The van der Waals surface area contributed by atoms with Crippen LogP contribution in [0.25, 0.3) is 0 Å². The van der Waals surface area contributed by atoms with Crippen LogP contribution in [0.4, 0.5) is 11.5 Å². The predicted octanol–water partition coefficient (Wildman–Crippen LogP) is 4.74. The number of ether oxygens (including phenoxy) is 1. The molecule has 0 unspecified atom stereocenters. The number of amides is 1. The molecule has 6 nitrogen and oxygen atoms in total. The van der Waals surface area contributed by atoms with Crippen molar-refractivity contribution in [2.24, 2.45) is 5.92 Å². The Morgan fingerprint density at radius 1 is 1.07 bits per heavy atom. The molecule has 1 aliphatic rings. The molecule has 1 N–H and O–H groups in total. The number of hydrogen-bond acceptors (Lipinski definition) is 5. The summed E-state index contributed by atoms with van der Waals surface area (Å²) in [4.78, 5) is 23.9. The van der Waals surface area contributed by atoms with E-state index in [1.165, 1.54) is 0 Å². The van der Waals surface area contributed by atoms with Gasteiger partial charge in [0.2, 0.25) is 5.91 Å². The molecule has 1 amide bonds. The maximum absolute atomic E-state index is 12.9. The number of anilines is 2. The van der Waals surface area contributed by atoms with Gasteiger partial charge in [-0.1, -0.05) is 24.3 Å². The summed E-state index contributed by atoms with van der Waals surface area (Å²) in [7, 11) is 0. The van der Waals surface area contributed by atoms with Gasteiger partial charge < -0.3 is 15.0 Å². The summed E-state index contributed by atoms with van der Waals surface area (Å²) in [6, 6.07) is 15.6. The van der Waals surface area contributed by atoms with Crippen LogP contribution in [-0.4, -0.2) is 29.0 Å². The molecule has 4 rings (SSSR count). The van der Waals surface area contributed by atoms with Crippen LogP contribution < -0.4 is 15.0 Å². The van der Waals surface area contributed by atoms with Gasteiger partial charge in [-0.2, -0.15) is 0 Å². The van der Waals surface area contributed by atoms with Gasteiger partial charge in [-0.25, -0.2) is 9.97 Å². The molecule has 1 aliphatic heterocycles. The fourth-order valence-electron chi connectivity index (χ4n) is 3.88. The molecular weight excluding hydrogens is 376 g/mol. The third kappa shape index (κ3) is 4.76. The third-order valence-corrected chi connectivity index (χ3v) is 5.19. The summed E-state index contributed by atoms with van der Waals surface area (Å²) >= 11 is 0. The summed E-state index contributed by atoms with van der Waals surface area (Å²) in [6.45, 7) is 5.47. The minimum absolute atomic E-state index is 0.0409. The first-order valence-corrected chi connectivity index (χ1v) is 10.3. The number of nitrogens with one attached hydrogen (secondary N) is 1. The molecular formula is C24H26N4O2. The zero-order valence-corrected chi connectivity index (χ0v) is 17.3. The van der Waals surface area contributed by atoms with Gasteiger partial charge in [0.05, 0.1) is 5.92 Å². The van der Waals surface area contributed by atoms with Gasteiger partial charge in [0.1, 0.15) is 5.75 Å². The van der Waals surface area contributed by atoms with Crippen LogP contribution in [0.3, 0.4) is 0 Å². The number of hydrogen-bond donors (Lipinski definition) is 1. The van der Waals surface area contributed by atoms with Gasteiger partial charge in [-0.05, 0) is 62.1 Å². The smallest absolute Gasteiger partial charge is 0.263 e. The molecule has 154 valence electrons. The Hall–Kier alpha value is -3.41. The van der Waals surface area contributed by atoms with Crippen LogP contribution in [-0.2, 0) is 4.79 Å². The highest BCUT2D eigenvalue weighted by Gasteiger charge is 2.28. The molecule has 0 spiro atoms. The second kappa shape index (κ2) is 8.95. The first-order chi connectivity index (χ1) is 14.6. The topological polar surface area (TPSA) is 67.4 Å². The zero-order valence-electron chi connectivity index (χ0n) is 17.3. The largest absolute Gasteiger partial charge is 0.436 e. The number of carbonyl (C=O) groups excluding carboxylic acids is 1. The molecule has 1 atom stereocenters. The van der Waals surface area contributed by atoms with Crippen LogP contribution in [0, 0.1) is 19.8 Å². The minimum atomic E-state index is -0.119. The molecule has 1 aromatic heterocycles. The number of nitrogens with zero attached hydrogens (tertiary/aromatic N) is 3. The molecule has 0 bridgehead atoms. The van der Waals surface area contributed by atoms with Crippen LogP contribution in [0.1, 0.15) is 24.0 Å². The predicted molar refractivity (Wildman–Crippen MR) is 118 cm³/mol. The first-order valence-electron chi connectivity index (χ1n) is 10.3. The Kier molecular flexibility index (Phi) is 5.93. The minimum Gasteiger partial charge on any atom is -0.436 e. The van der Waals surface area contributed by atoms with Crippen LogP contribution in [0.5, 0.6) is 11.6 Å². The Bertz CT molecular complexity index is 1000. The molecule has 6 heteroatoms. The highest BCUT2D eigenvalue weighted by atomic mass is 16.5. The maximum Gasteiger partial charge on any atom is 0.263 e. The molecule has 2 heterocycles. The van der Waals surface area contributed by atoms with E-state index in [4.69, 9.17) is 4.74 Å². The lowest BCUT2D eigenvalue weighted by Gasteiger charge is -2.33. The lowest BCUT2D eigenvalue weighted by Crippen LogP contribution is -2.41. The average molecular weight is 402 g/mol. The van der Waals surface area contributed by atoms with E-state index in [2.05, 4.69) is 26.3 Å². The highest BCUT2D eigenvalue weighted by molar-refractivity contribution is 5.93. The van der Waals surface area contributed by atoms with Crippen molar-refractivity contribution in [2.45, 2.75) is 26.7 Å². The van der Waals surface area contributed by atoms with E-state index in [0.717, 1.165) is 36.2 Å². The van der Waals surface area contributed by atoms with Crippen molar-refractivity contribution in [3.63, 3.8) is 0 Å². The summed E-state index contributed by atoms with van der Waals surface area (Å²) in [5.74, 6) is 1.76. The van der Waals surface area contributed by atoms with E-state index < -0.39 is 0 Å². The second-order valence-electron chi connectivity index (χ2n) is 7.75. The summed E-state index contributed by atoms with van der Waals surface area (Å²) in [6.07, 6.45) is 5.04. The highest BCUT2D eigenvalue weighted by Crippen LogP contribution is 2.31. The van der Waals surface area contributed by atoms with Gasteiger partial charge in [0, 0.05) is 31.2 Å². The Morgan fingerprint density at radius 2 is 1.80 bits per heavy atom. The number of aromatic nitrogens is 2. The van der Waals surface area contributed by atoms with Crippen molar-refractivity contribution in [1.29, 1.82) is 0 Å². The van der Waals surface area contributed by atoms with E-state index in [-0.39, 0.29) is 11.8 Å². The summed E-state index contributed by atoms with van der Waals surface area (Å²) in [5, 5.41) is 3.09. The molecule has 0 saturated carbocycles. The Morgan fingerprint density at radius 3 is 2.57 bits per heavy atom. The van der Waals surface area contributed by atoms with Gasteiger partial charge in [-0.3, -0.25) is 4.79 Å². The lowest BCUT2D eigenvalue weighted by atomic mass is 9.97. The van der Waals surface area contributed by atoms with Gasteiger partial charge in [-0.15, -0.1) is 0 Å². The number of para-hydroxylation sites is 1. The van der Waals surface area contributed by atoms with Crippen molar-refractivity contribution in [3.8, 4) is 11.6 Å². The van der Waals surface area contributed by atoms with Crippen molar-refractivity contribution in [2.75, 3.05) is 23.3 Å². The fourth-order valence-corrected chi connectivity index (χ4v) is 3.88. The average Bonchev–Trinajstić information content (AvgIpc) is 2.74. The third-order valence-electron chi connectivity index (χ3n) is 5.19. The lowest BCUT2D eigenvalue weighted by molar-refractivity contribution is -0.120. The Labute approximate surface area is 176 Å². The van der Waals surface area contributed by atoms with Crippen LogP contribution in [0.2, 0.25) is 0 Å². The quantitative estimate of drug-likeness (QED) is 0.668. The van der Waals surface area contributed by atoms with Crippen molar-refractivity contribution in [3.05, 3.63) is 72.1 Å². The molecule has 30 heavy (non-hydrogen) atoms. The van der Waals surface area contributed by atoms with Crippen LogP contribution in [0.15, 0.2) is 60.9 Å². The molecule has 3 aromatic rings. The van der Waals surface area contributed by atoms with Crippen LogP contribution >= 0.6 is 0 Å². The first kappa shape index (κ1) is 19.9. The fraction of sp³-hybridized carbons (Fsp3) is 0.292. The summed E-state index contributed by atoms with van der Waals surface area (Å²) in [5.41, 5.74) is 3.12. The number of benzene rings is 2. The van der Waals surface area contributed by atoms with Crippen molar-refractivity contribution in [1.82, 2.24) is 9.97 Å². The van der Waals surface area contributed by atoms with Gasteiger partial charge in [0.15, 0.2) is 5.82 Å². The van der Waals surface area contributed by atoms with Gasteiger partial charge in [0.25, 0.3) is 5.88 Å². The maximum atomic E-state index is 12.9.